The molecule has 0 saturated heterocycles. The van der Waals surface area contributed by atoms with E-state index in [4.69, 9.17) is 3.08 Å². The van der Waals surface area contributed by atoms with Crippen LogP contribution in [-0.2, 0) is 3.08 Å². The van der Waals surface area contributed by atoms with Gasteiger partial charge in [0.1, 0.15) is 0 Å². The molecular weight excluding hydrogens is 235 g/mol. The van der Waals surface area contributed by atoms with Crippen molar-refractivity contribution < 1.29 is 3.08 Å². The van der Waals surface area contributed by atoms with Gasteiger partial charge in [-0.05, 0) is 11.0 Å². The average Bonchev–Trinajstić information content (AvgIpc) is 1.00. The van der Waals surface area contributed by atoms with Crippen LogP contribution in [0.4, 0.5) is 0 Å². The molecule has 0 aromatic heterocycles. The number of rotatable bonds is 0. The fourth-order valence-corrected chi connectivity index (χ4v) is 0. The first-order chi connectivity index (χ1) is 1.00. The van der Waals surface area contributed by atoms with Crippen LogP contribution < -0.4 is 0 Å². The molecule has 0 aromatic rings. The van der Waals surface area contributed by atoms with Crippen LogP contribution in [-0.4, -0.2) is 51.1 Å². The molecule has 0 heterocycles. The zero-order valence-corrected chi connectivity index (χ0v) is 3.76. The summed E-state index contributed by atoms with van der Waals surface area (Å²) in [5.74, 6) is 0. The molecule has 26 valence electrons. The van der Waals surface area contributed by atoms with Gasteiger partial charge in [0.15, 0.2) is 0 Å². The molecule has 0 spiro atoms. The minimum atomic E-state index is 0. The van der Waals surface area contributed by atoms with Crippen LogP contribution in [0.25, 0.3) is 0 Å². The Morgan fingerprint density at radius 2 is 1.25 bits per heavy atom. The molecular formula is H8GeOSiSn. The predicted molar refractivity (Wildman–Crippen MR) is 29.1 cm³/mol. The summed E-state index contributed by atoms with van der Waals surface area (Å²) in [6, 6.07) is 0. The zero-order valence-electron chi connectivity index (χ0n) is 0.908. The molecule has 1 nitrogen and oxygen atoms in total. The SMILES string of the molecule is [GeH4].[O]=[Sn].[SiH4]. The Morgan fingerprint density at radius 3 is 1.25 bits per heavy atom. The van der Waals surface area contributed by atoms with Gasteiger partial charge in [0.05, 0.1) is 0 Å². The van der Waals surface area contributed by atoms with Gasteiger partial charge < -0.3 is 0 Å². The summed E-state index contributed by atoms with van der Waals surface area (Å²) in [5.41, 5.74) is 0. The molecule has 0 bridgehead atoms. The molecule has 0 rings (SSSR count). The van der Waals surface area contributed by atoms with Crippen molar-refractivity contribution in [3.05, 3.63) is 0 Å². The standard InChI is InChI=1S/GeH4.O.H4Si.Sn/h1H4;;1H4;. The zero-order chi connectivity index (χ0) is 2.00. The Labute approximate surface area is 54.0 Å². The molecule has 2 radical (unpaired) electrons. The fourth-order valence-electron chi connectivity index (χ4n) is 0. The number of hydrogen-bond donors (Lipinski definition) is 0. The van der Waals surface area contributed by atoms with Crippen molar-refractivity contribution in [2.75, 3.05) is 0 Å². The van der Waals surface area contributed by atoms with E-state index >= 15 is 0 Å². The summed E-state index contributed by atoms with van der Waals surface area (Å²) < 4.78 is 8.34. The van der Waals surface area contributed by atoms with Crippen LogP contribution in [0.15, 0.2) is 0 Å². The summed E-state index contributed by atoms with van der Waals surface area (Å²) >= 11 is 0.300. The molecule has 0 atom stereocenters. The van der Waals surface area contributed by atoms with E-state index < -0.39 is 0 Å². The van der Waals surface area contributed by atoms with Gasteiger partial charge in [-0.3, -0.25) is 0 Å². The van der Waals surface area contributed by atoms with Gasteiger partial charge in [0.2, 0.25) is 0 Å². The van der Waals surface area contributed by atoms with Crippen molar-refractivity contribution in [3.63, 3.8) is 0 Å². The maximum atomic E-state index is 8.34. The van der Waals surface area contributed by atoms with Crippen LogP contribution in [0.2, 0.25) is 0 Å². The first-order valence-corrected chi connectivity index (χ1v) is 1.37. The molecule has 0 saturated carbocycles. The van der Waals surface area contributed by atoms with Crippen molar-refractivity contribution in [1.29, 1.82) is 0 Å². The minimum Gasteiger partial charge on any atom is -0.0149 e. The van der Waals surface area contributed by atoms with E-state index in [1.54, 1.807) is 0 Å². The van der Waals surface area contributed by atoms with Gasteiger partial charge in [0, 0.05) is 0 Å². The van der Waals surface area contributed by atoms with Gasteiger partial charge >= 0.3 is 43.2 Å². The normalized spacial score (nSPS) is 1.00. The van der Waals surface area contributed by atoms with Crippen molar-refractivity contribution in [2.45, 2.75) is 0 Å². The Morgan fingerprint density at radius 1 is 1.25 bits per heavy atom. The summed E-state index contributed by atoms with van der Waals surface area (Å²) in [6.07, 6.45) is 0. The molecule has 4 heavy (non-hydrogen) atoms. The Kier molecular flexibility index (Phi) is 122. The van der Waals surface area contributed by atoms with Crippen LogP contribution in [0.3, 0.4) is 0 Å². The van der Waals surface area contributed by atoms with E-state index in [2.05, 4.69) is 0 Å². The third-order valence-corrected chi connectivity index (χ3v) is 0. The van der Waals surface area contributed by atoms with Crippen LogP contribution in [0.1, 0.15) is 0 Å². The molecule has 0 fully saturated rings. The van der Waals surface area contributed by atoms with E-state index in [1.807, 2.05) is 0 Å². The molecule has 0 aromatic carbocycles. The van der Waals surface area contributed by atoms with E-state index in [1.165, 1.54) is 0 Å². The fraction of sp³-hybridized carbons (Fsp3) is 0. The largest absolute Gasteiger partial charge is 0.0149 e. The van der Waals surface area contributed by atoms with Crippen molar-refractivity contribution in [2.24, 2.45) is 0 Å². The van der Waals surface area contributed by atoms with Gasteiger partial charge in [-0.1, -0.05) is 0 Å². The minimum absolute atomic E-state index is 0. The topological polar surface area (TPSA) is 17.1 Å². The average molecular weight is 243 g/mol. The van der Waals surface area contributed by atoms with Gasteiger partial charge in [-0.25, -0.2) is 0 Å². The Hall–Kier alpha value is 1.36. The van der Waals surface area contributed by atoms with Crippen molar-refractivity contribution >= 4 is 51.1 Å². The van der Waals surface area contributed by atoms with E-state index in [9.17, 15) is 0 Å². The summed E-state index contributed by atoms with van der Waals surface area (Å²) in [7, 11) is 0. The van der Waals surface area contributed by atoms with Gasteiger partial charge in [-0.2, -0.15) is 0 Å². The van der Waals surface area contributed by atoms with Crippen LogP contribution >= 0.6 is 0 Å². The van der Waals surface area contributed by atoms with Gasteiger partial charge in [0.25, 0.3) is 0 Å². The second kappa shape index (κ2) is 26.6. The first-order valence-electron chi connectivity index (χ1n) is 0.204. The predicted octanol–water partition coefficient (Wildman–Crippen LogP) is -3.40. The van der Waals surface area contributed by atoms with E-state index in [-0.39, 0.29) is 28.6 Å². The molecule has 0 unspecified atom stereocenters. The second-order valence-corrected chi connectivity index (χ2v) is 0. The van der Waals surface area contributed by atoms with Crippen LogP contribution in [0.5, 0.6) is 0 Å². The molecule has 0 amide bonds. The Balaban J connectivity index is -0.00000000500. The third kappa shape index (κ3) is 10.1. The third-order valence-electron chi connectivity index (χ3n) is 0. The maximum absolute atomic E-state index is 8.34. The second-order valence-electron chi connectivity index (χ2n) is 0. The summed E-state index contributed by atoms with van der Waals surface area (Å²) in [4.78, 5) is 0. The number of hydrogen-bond acceptors (Lipinski definition) is 1. The Bertz CT molecular complexity index is 8.00. The van der Waals surface area contributed by atoms with E-state index in [0.29, 0.717) is 22.5 Å². The van der Waals surface area contributed by atoms with Crippen molar-refractivity contribution in [3.8, 4) is 0 Å². The molecule has 4 heteroatoms. The van der Waals surface area contributed by atoms with Gasteiger partial charge in [-0.15, -0.1) is 0 Å². The quantitative estimate of drug-likeness (QED) is 0.405. The summed E-state index contributed by atoms with van der Waals surface area (Å²) in [6.45, 7) is 0. The van der Waals surface area contributed by atoms with E-state index in [0.717, 1.165) is 0 Å². The maximum Gasteiger partial charge on any atom is -0.0149 e. The smallest absolute Gasteiger partial charge is 0.0149 e. The molecule has 0 aliphatic heterocycles. The summed E-state index contributed by atoms with van der Waals surface area (Å²) in [5, 5.41) is 0. The first kappa shape index (κ1) is 18.3. The molecule has 0 aliphatic rings. The van der Waals surface area contributed by atoms with Crippen molar-refractivity contribution in [1.82, 2.24) is 0 Å². The monoisotopic (exact) mass is 246 g/mol. The van der Waals surface area contributed by atoms with Crippen LogP contribution in [0, 0.1) is 0 Å². The molecule has 0 aliphatic carbocycles. The molecule has 0 N–H and O–H groups in total.